The second-order valence-electron chi connectivity index (χ2n) is 7.55. The van der Waals surface area contributed by atoms with E-state index in [1.54, 1.807) is 0 Å². The van der Waals surface area contributed by atoms with Gasteiger partial charge in [-0.25, -0.2) is 4.99 Å². The Kier molecular flexibility index (Phi) is 4.77. The summed E-state index contributed by atoms with van der Waals surface area (Å²) in [5.74, 6) is 0.491. The van der Waals surface area contributed by atoms with Crippen molar-refractivity contribution < 1.29 is 0 Å². The van der Waals surface area contributed by atoms with Gasteiger partial charge in [0.2, 0.25) is 0 Å². The molecule has 0 aromatic heterocycles. The van der Waals surface area contributed by atoms with Gasteiger partial charge in [0.05, 0.1) is 0 Å². The molecule has 0 radical (unpaired) electrons. The van der Waals surface area contributed by atoms with Crippen LogP contribution in [0.3, 0.4) is 0 Å². The minimum absolute atomic E-state index is 0.154. The van der Waals surface area contributed by atoms with E-state index in [-0.39, 0.29) is 5.84 Å². The van der Waals surface area contributed by atoms with Crippen molar-refractivity contribution in [3.8, 4) is 11.1 Å². The molecule has 0 aliphatic heterocycles. The maximum Gasteiger partial charge on any atom is 0.154 e. The first kappa shape index (κ1) is 18.8. The first-order chi connectivity index (χ1) is 15.2. The second kappa shape index (κ2) is 7.88. The molecule has 0 unspecified atom stereocenters. The molecule has 3 N–H and O–H groups in total. The van der Waals surface area contributed by atoms with E-state index in [0.29, 0.717) is 5.84 Å². The Morgan fingerprint density at radius 1 is 0.548 bits per heavy atom. The van der Waals surface area contributed by atoms with Crippen molar-refractivity contribution in [3.63, 3.8) is 0 Å². The molecule has 0 amide bonds. The van der Waals surface area contributed by atoms with E-state index in [0.717, 1.165) is 33.0 Å². The number of amidine groups is 2. The van der Waals surface area contributed by atoms with E-state index in [4.69, 9.17) is 11.1 Å². The summed E-state index contributed by atoms with van der Waals surface area (Å²) in [7, 11) is 0. The van der Waals surface area contributed by atoms with Gasteiger partial charge in [-0.1, -0.05) is 97.1 Å². The molecule has 0 saturated heterocycles. The van der Waals surface area contributed by atoms with E-state index in [9.17, 15) is 0 Å². The number of nitrogens with one attached hydrogen (secondary N) is 1. The van der Waals surface area contributed by atoms with Crippen LogP contribution < -0.4 is 5.73 Å². The lowest BCUT2D eigenvalue weighted by molar-refractivity contribution is 1.40. The van der Waals surface area contributed by atoms with Crippen LogP contribution in [0.25, 0.3) is 32.7 Å². The van der Waals surface area contributed by atoms with E-state index in [2.05, 4.69) is 53.5 Å². The molecular weight excluding hydrogens is 378 g/mol. The summed E-state index contributed by atoms with van der Waals surface area (Å²) in [4.78, 5) is 4.35. The van der Waals surface area contributed by atoms with E-state index >= 15 is 0 Å². The molecule has 5 aromatic rings. The van der Waals surface area contributed by atoms with Crippen molar-refractivity contribution in [1.82, 2.24) is 0 Å². The smallest absolute Gasteiger partial charge is 0.154 e. The van der Waals surface area contributed by atoms with Crippen molar-refractivity contribution in [3.05, 3.63) is 120 Å². The fourth-order valence-electron chi connectivity index (χ4n) is 3.79. The van der Waals surface area contributed by atoms with Gasteiger partial charge in [-0.05, 0) is 44.8 Å². The third kappa shape index (κ3) is 3.81. The molecule has 148 valence electrons. The number of nitrogens with two attached hydrogens (primary N) is 1. The molecule has 0 bridgehead atoms. The minimum Gasteiger partial charge on any atom is -0.383 e. The van der Waals surface area contributed by atoms with Crippen molar-refractivity contribution >= 4 is 33.2 Å². The maximum atomic E-state index is 8.37. The molecule has 0 atom stereocenters. The summed E-state index contributed by atoms with van der Waals surface area (Å²) >= 11 is 0. The lowest BCUT2D eigenvalue weighted by Crippen LogP contribution is -2.15. The maximum absolute atomic E-state index is 8.37. The summed E-state index contributed by atoms with van der Waals surface area (Å²) in [5.41, 5.74) is 10.0. The Morgan fingerprint density at radius 3 is 1.74 bits per heavy atom. The molecule has 0 heterocycles. The molecule has 3 heteroatoms. The van der Waals surface area contributed by atoms with Crippen LogP contribution in [-0.2, 0) is 0 Å². The van der Waals surface area contributed by atoms with Gasteiger partial charge in [0, 0.05) is 11.1 Å². The number of benzene rings is 5. The zero-order chi connectivity index (χ0) is 21.2. The van der Waals surface area contributed by atoms with Crippen LogP contribution in [0.2, 0.25) is 0 Å². The molecule has 5 rings (SSSR count). The number of nitrogens with zero attached hydrogens (tertiary/aromatic N) is 1. The molecule has 0 saturated carbocycles. The Labute approximate surface area is 181 Å². The van der Waals surface area contributed by atoms with Crippen molar-refractivity contribution in [2.75, 3.05) is 0 Å². The number of hydrogen-bond donors (Lipinski definition) is 2. The van der Waals surface area contributed by atoms with Crippen molar-refractivity contribution in [2.24, 2.45) is 10.7 Å². The lowest BCUT2D eigenvalue weighted by Gasteiger charge is -2.07. The third-order valence-electron chi connectivity index (χ3n) is 5.52. The van der Waals surface area contributed by atoms with Gasteiger partial charge in [-0.3, -0.25) is 5.41 Å². The van der Waals surface area contributed by atoms with Gasteiger partial charge in [0.25, 0.3) is 0 Å². The second-order valence-corrected chi connectivity index (χ2v) is 7.55. The molecule has 0 aliphatic rings. The fraction of sp³-hybridized carbons (Fsp3) is 0. The predicted octanol–water partition coefficient (Wildman–Crippen LogP) is 6.39. The molecule has 0 spiro atoms. The highest BCUT2D eigenvalue weighted by Gasteiger charge is 2.06. The van der Waals surface area contributed by atoms with E-state index in [1.807, 2.05) is 60.7 Å². The summed E-state index contributed by atoms with van der Waals surface area (Å²) in [6.07, 6.45) is 0. The minimum atomic E-state index is 0.154. The average Bonchev–Trinajstić information content (AvgIpc) is 2.83. The third-order valence-corrected chi connectivity index (χ3v) is 5.52. The standard InChI is InChI=1S/C28H21N3/c29-27(31-28(30)26-16-12-20-6-2-4-8-24(20)18-26)22-13-9-21(10-14-22)25-15-11-19-5-1-3-7-23(19)17-25/h1-18H,(H3,29,30,31). The summed E-state index contributed by atoms with van der Waals surface area (Å²) in [6.45, 7) is 0. The van der Waals surface area contributed by atoms with Gasteiger partial charge in [-0.2, -0.15) is 0 Å². The van der Waals surface area contributed by atoms with Crippen LogP contribution in [-0.4, -0.2) is 11.7 Å². The van der Waals surface area contributed by atoms with Gasteiger partial charge >= 0.3 is 0 Å². The van der Waals surface area contributed by atoms with Crippen LogP contribution in [0, 0.1) is 5.41 Å². The monoisotopic (exact) mass is 399 g/mol. The Morgan fingerprint density at radius 2 is 1.06 bits per heavy atom. The SMILES string of the molecule is N=C(/N=C(\N)c1ccc(-c2ccc3ccccc3c2)cc1)c1ccc2ccccc2c1. The zero-order valence-corrected chi connectivity index (χ0v) is 16.9. The average molecular weight is 399 g/mol. The molecule has 5 aromatic carbocycles. The Hall–Kier alpha value is -4.24. The predicted molar refractivity (Wildman–Crippen MR) is 131 cm³/mol. The molecular formula is C28H21N3. The zero-order valence-electron chi connectivity index (χ0n) is 16.9. The molecule has 31 heavy (non-hydrogen) atoms. The first-order valence-electron chi connectivity index (χ1n) is 10.2. The van der Waals surface area contributed by atoms with Gasteiger partial charge in [-0.15, -0.1) is 0 Å². The van der Waals surface area contributed by atoms with Gasteiger partial charge < -0.3 is 5.73 Å². The topological polar surface area (TPSA) is 62.2 Å². The molecule has 0 aliphatic carbocycles. The van der Waals surface area contributed by atoms with Crippen molar-refractivity contribution in [1.29, 1.82) is 5.41 Å². The van der Waals surface area contributed by atoms with E-state index in [1.165, 1.54) is 10.8 Å². The summed E-state index contributed by atoms with van der Waals surface area (Å²) in [6, 6.07) is 36.8. The normalized spacial score (nSPS) is 11.7. The van der Waals surface area contributed by atoms with Crippen LogP contribution in [0.4, 0.5) is 0 Å². The van der Waals surface area contributed by atoms with Crippen LogP contribution in [0.1, 0.15) is 11.1 Å². The van der Waals surface area contributed by atoms with Gasteiger partial charge in [0.1, 0.15) is 5.84 Å². The number of aliphatic imine (C=N–C) groups is 1. The quantitative estimate of drug-likeness (QED) is 0.268. The summed E-state index contributed by atoms with van der Waals surface area (Å²) in [5, 5.41) is 13.0. The number of rotatable bonds is 3. The highest BCUT2D eigenvalue weighted by Crippen LogP contribution is 2.25. The molecule has 3 nitrogen and oxygen atoms in total. The summed E-state index contributed by atoms with van der Waals surface area (Å²) < 4.78 is 0. The first-order valence-corrected chi connectivity index (χ1v) is 10.2. The lowest BCUT2D eigenvalue weighted by atomic mass is 10.00. The van der Waals surface area contributed by atoms with E-state index < -0.39 is 0 Å². The highest BCUT2D eigenvalue weighted by atomic mass is 14.9. The Balaban J connectivity index is 1.40. The fourth-order valence-corrected chi connectivity index (χ4v) is 3.79. The van der Waals surface area contributed by atoms with Gasteiger partial charge in [0.15, 0.2) is 5.84 Å². The Bertz CT molecular complexity index is 1450. The highest BCUT2D eigenvalue weighted by molar-refractivity contribution is 6.10. The van der Waals surface area contributed by atoms with Crippen molar-refractivity contribution in [2.45, 2.75) is 0 Å². The number of hydrogen-bond acceptors (Lipinski definition) is 1. The number of fused-ring (bicyclic) bond motifs is 2. The largest absolute Gasteiger partial charge is 0.383 e. The molecule has 0 fully saturated rings. The van der Waals surface area contributed by atoms with Crippen LogP contribution >= 0.6 is 0 Å². The van der Waals surface area contributed by atoms with Crippen LogP contribution in [0.5, 0.6) is 0 Å². The van der Waals surface area contributed by atoms with Crippen LogP contribution in [0.15, 0.2) is 114 Å².